The number of imide groups is 1. The van der Waals surface area contributed by atoms with Gasteiger partial charge in [-0.05, 0) is 41.5 Å². The molecule has 0 aliphatic carbocycles. The van der Waals surface area contributed by atoms with Crippen molar-refractivity contribution in [1.82, 2.24) is 14.4 Å². The van der Waals surface area contributed by atoms with Gasteiger partial charge in [-0.1, -0.05) is 48.5 Å². The fourth-order valence-corrected chi connectivity index (χ4v) is 5.23. The smallest absolute Gasteiger partial charge is 0.294 e. The minimum atomic E-state index is -0.420. The van der Waals surface area contributed by atoms with Gasteiger partial charge >= 0.3 is 0 Å². The highest BCUT2D eigenvalue weighted by Crippen LogP contribution is 2.34. The van der Waals surface area contributed by atoms with Crippen LogP contribution in [0.25, 0.3) is 17.0 Å². The molecule has 5 rings (SSSR count). The van der Waals surface area contributed by atoms with Crippen LogP contribution in [0.4, 0.5) is 4.79 Å². The first-order chi connectivity index (χ1) is 16.0. The van der Waals surface area contributed by atoms with Crippen LogP contribution in [0, 0.1) is 0 Å². The van der Waals surface area contributed by atoms with E-state index in [9.17, 15) is 14.4 Å². The summed E-state index contributed by atoms with van der Waals surface area (Å²) in [5, 5.41) is 0.584. The number of nitrogens with zero attached hydrogens (tertiary/aromatic N) is 3. The van der Waals surface area contributed by atoms with Gasteiger partial charge in [0.25, 0.3) is 11.1 Å². The lowest BCUT2D eigenvalue weighted by Crippen LogP contribution is -2.44. The summed E-state index contributed by atoms with van der Waals surface area (Å²) >= 11 is 0.883. The fourth-order valence-electron chi connectivity index (χ4n) is 4.40. The van der Waals surface area contributed by atoms with E-state index >= 15 is 0 Å². The van der Waals surface area contributed by atoms with Crippen LogP contribution in [0.3, 0.4) is 0 Å². The summed E-state index contributed by atoms with van der Waals surface area (Å²) in [4.78, 5) is 41.7. The second kappa shape index (κ2) is 8.75. The number of para-hydroxylation sites is 1. The van der Waals surface area contributed by atoms with Crippen LogP contribution in [0.5, 0.6) is 0 Å². The van der Waals surface area contributed by atoms with Gasteiger partial charge in [0.2, 0.25) is 5.91 Å². The maximum atomic E-state index is 13.0. The van der Waals surface area contributed by atoms with Crippen molar-refractivity contribution in [2.75, 3.05) is 13.1 Å². The second-order valence-electron chi connectivity index (χ2n) is 8.14. The Morgan fingerprint density at radius 2 is 1.82 bits per heavy atom. The zero-order valence-corrected chi connectivity index (χ0v) is 18.9. The number of hydrogen-bond donors (Lipinski definition) is 0. The first-order valence-electron chi connectivity index (χ1n) is 10.8. The van der Waals surface area contributed by atoms with Crippen molar-refractivity contribution in [3.63, 3.8) is 0 Å². The molecule has 33 heavy (non-hydrogen) atoms. The summed E-state index contributed by atoms with van der Waals surface area (Å²) in [5.74, 6) is -0.632. The monoisotopic (exact) mass is 457 g/mol. The first-order valence-corrected chi connectivity index (χ1v) is 11.7. The molecule has 0 N–H and O–H groups in total. The number of aromatic nitrogens is 1. The molecule has 1 fully saturated rings. The molecule has 2 aliphatic heterocycles. The SMILES string of the molecule is C=CCn1cc(/C=C2\SC(=O)N(CC(=O)N3CCc4ccccc4C3)C2=O)c2ccccc21. The third-order valence-electron chi connectivity index (χ3n) is 6.08. The molecule has 0 bridgehead atoms. The zero-order chi connectivity index (χ0) is 22.9. The Morgan fingerprint density at radius 3 is 2.64 bits per heavy atom. The summed E-state index contributed by atoms with van der Waals surface area (Å²) in [6.45, 7) is 5.30. The van der Waals surface area contributed by atoms with Crippen molar-refractivity contribution in [3.05, 3.63) is 89.0 Å². The van der Waals surface area contributed by atoms with Gasteiger partial charge in [-0.2, -0.15) is 0 Å². The minimum Gasteiger partial charge on any atom is -0.343 e. The number of hydrogen-bond acceptors (Lipinski definition) is 4. The molecule has 1 saturated heterocycles. The molecule has 6 nitrogen and oxygen atoms in total. The van der Waals surface area contributed by atoms with Crippen LogP contribution in [-0.4, -0.2) is 44.5 Å². The van der Waals surface area contributed by atoms with Crippen molar-refractivity contribution in [2.24, 2.45) is 0 Å². The summed E-state index contributed by atoms with van der Waals surface area (Å²) in [6.07, 6.45) is 6.29. The second-order valence-corrected chi connectivity index (χ2v) is 9.14. The fraction of sp³-hybridized carbons (Fsp3) is 0.192. The largest absolute Gasteiger partial charge is 0.343 e. The van der Waals surface area contributed by atoms with Gasteiger partial charge in [-0.25, -0.2) is 0 Å². The Bertz CT molecular complexity index is 1320. The average molecular weight is 458 g/mol. The molecular formula is C26H23N3O3S. The third kappa shape index (κ3) is 4.00. The van der Waals surface area contributed by atoms with E-state index in [1.165, 1.54) is 5.56 Å². The number of benzene rings is 2. The number of allylic oxidation sites excluding steroid dienone is 1. The minimum absolute atomic E-state index is 0.212. The average Bonchev–Trinajstić information content (AvgIpc) is 3.31. The van der Waals surface area contributed by atoms with Crippen LogP contribution in [-0.2, 0) is 29.1 Å². The van der Waals surface area contributed by atoms with E-state index in [1.807, 2.05) is 54.7 Å². The highest BCUT2D eigenvalue weighted by molar-refractivity contribution is 8.18. The Morgan fingerprint density at radius 1 is 1.06 bits per heavy atom. The lowest BCUT2D eigenvalue weighted by atomic mass is 10.00. The molecule has 7 heteroatoms. The van der Waals surface area contributed by atoms with Crippen LogP contribution in [0.1, 0.15) is 16.7 Å². The number of thioether (sulfide) groups is 1. The standard InChI is InChI=1S/C26H23N3O3S/c1-2-12-27-16-20(21-9-5-6-10-22(21)27)14-23-25(31)29(26(32)33-23)17-24(30)28-13-11-18-7-3-4-8-19(18)15-28/h2-10,14,16H,1,11-13,15,17H2/b23-14-. The molecule has 0 saturated carbocycles. The molecule has 0 spiro atoms. The van der Waals surface area contributed by atoms with Crippen LogP contribution < -0.4 is 0 Å². The Balaban J connectivity index is 1.35. The summed E-state index contributed by atoms with van der Waals surface area (Å²) in [7, 11) is 0. The molecule has 0 radical (unpaired) electrons. The summed E-state index contributed by atoms with van der Waals surface area (Å²) < 4.78 is 2.05. The van der Waals surface area contributed by atoms with Gasteiger partial charge in [0.15, 0.2) is 0 Å². The molecule has 3 aromatic rings. The number of carbonyl (C=O) groups excluding carboxylic acids is 3. The quantitative estimate of drug-likeness (QED) is 0.420. The predicted molar refractivity (Wildman–Crippen MR) is 130 cm³/mol. The molecular weight excluding hydrogens is 434 g/mol. The summed E-state index contributed by atoms with van der Waals surface area (Å²) in [6, 6.07) is 16.0. The highest BCUT2D eigenvalue weighted by Gasteiger charge is 2.37. The van der Waals surface area contributed by atoms with Crippen molar-refractivity contribution >= 4 is 45.8 Å². The van der Waals surface area contributed by atoms with E-state index in [-0.39, 0.29) is 12.5 Å². The maximum Gasteiger partial charge on any atom is 0.294 e. The molecule has 3 amide bonds. The number of rotatable bonds is 5. The van der Waals surface area contributed by atoms with E-state index in [0.29, 0.717) is 24.5 Å². The number of fused-ring (bicyclic) bond motifs is 2. The van der Waals surface area contributed by atoms with Crippen molar-refractivity contribution < 1.29 is 14.4 Å². The van der Waals surface area contributed by atoms with Crippen molar-refractivity contribution in [3.8, 4) is 0 Å². The van der Waals surface area contributed by atoms with Crippen molar-refractivity contribution in [1.29, 1.82) is 0 Å². The maximum absolute atomic E-state index is 13.0. The van der Waals surface area contributed by atoms with E-state index in [2.05, 4.69) is 17.2 Å². The Labute approximate surface area is 196 Å². The van der Waals surface area contributed by atoms with Crippen molar-refractivity contribution in [2.45, 2.75) is 19.5 Å². The van der Waals surface area contributed by atoms with Gasteiger partial charge < -0.3 is 9.47 Å². The highest BCUT2D eigenvalue weighted by atomic mass is 32.2. The lowest BCUT2D eigenvalue weighted by molar-refractivity contribution is -0.136. The number of amides is 3. The molecule has 0 atom stereocenters. The molecule has 2 aromatic carbocycles. The Hall–Kier alpha value is -3.58. The third-order valence-corrected chi connectivity index (χ3v) is 6.99. The molecule has 1 aromatic heterocycles. The van der Waals surface area contributed by atoms with E-state index in [4.69, 9.17) is 0 Å². The topological polar surface area (TPSA) is 62.6 Å². The zero-order valence-electron chi connectivity index (χ0n) is 18.1. The van der Waals surface area contributed by atoms with Crippen LogP contribution in [0.15, 0.2) is 72.3 Å². The normalized spacial score (nSPS) is 17.2. The predicted octanol–water partition coefficient (Wildman–Crippen LogP) is 4.45. The van der Waals surface area contributed by atoms with E-state index < -0.39 is 11.1 Å². The van der Waals surface area contributed by atoms with Crippen LogP contribution >= 0.6 is 11.8 Å². The molecule has 2 aliphatic rings. The van der Waals surface area contributed by atoms with Gasteiger partial charge in [-0.3, -0.25) is 19.3 Å². The van der Waals surface area contributed by atoms with E-state index in [1.54, 1.807) is 11.0 Å². The molecule has 0 unspecified atom stereocenters. The van der Waals surface area contributed by atoms with Crippen LogP contribution in [0.2, 0.25) is 0 Å². The summed E-state index contributed by atoms with van der Waals surface area (Å²) in [5.41, 5.74) is 4.24. The van der Waals surface area contributed by atoms with E-state index in [0.717, 1.165) is 45.1 Å². The van der Waals surface area contributed by atoms with Gasteiger partial charge in [0.05, 0.1) is 4.91 Å². The van der Waals surface area contributed by atoms with Gasteiger partial charge in [-0.15, -0.1) is 6.58 Å². The number of carbonyl (C=O) groups is 3. The van der Waals surface area contributed by atoms with Gasteiger partial charge in [0, 0.05) is 42.3 Å². The molecule has 3 heterocycles. The lowest BCUT2D eigenvalue weighted by Gasteiger charge is -2.29. The Kier molecular flexibility index (Phi) is 5.64. The van der Waals surface area contributed by atoms with Gasteiger partial charge in [0.1, 0.15) is 6.54 Å². The first kappa shape index (κ1) is 21.3. The molecule has 166 valence electrons.